The standard InChI is InChI=1S/C20H25BrN2O4/c1-12(2)17(18(24)26-5)23-19(25)20(3,4)11-27-16-9-14-8-15(21)7-6-13(14)10-22-16/h6-10,12,17H,11H2,1-5H3,(H,23,25). The van der Waals surface area contributed by atoms with Crippen LogP contribution in [0.5, 0.6) is 5.88 Å². The Morgan fingerprint density at radius 1 is 1.22 bits per heavy atom. The summed E-state index contributed by atoms with van der Waals surface area (Å²) in [5, 5.41) is 4.75. The van der Waals surface area contributed by atoms with Crippen molar-refractivity contribution in [2.45, 2.75) is 33.7 Å². The van der Waals surface area contributed by atoms with Gasteiger partial charge in [0, 0.05) is 22.1 Å². The number of carbonyl (C=O) groups is 2. The second kappa shape index (κ2) is 8.69. The van der Waals surface area contributed by atoms with Crippen LogP contribution in [-0.4, -0.2) is 36.6 Å². The number of methoxy groups -OCH3 is 1. The fraction of sp³-hybridized carbons (Fsp3) is 0.450. The summed E-state index contributed by atoms with van der Waals surface area (Å²) in [5.74, 6) is -0.388. The number of amides is 1. The molecule has 0 saturated heterocycles. The number of nitrogens with one attached hydrogen (secondary N) is 1. The molecule has 1 atom stereocenters. The van der Waals surface area contributed by atoms with Crippen LogP contribution >= 0.6 is 15.9 Å². The second-order valence-corrected chi connectivity index (χ2v) is 8.32. The van der Waals surface area contributed by atoms with E-state index in [1.54, 1.807) is 20.0 Å². The summed E-state index contributed by atoms with van der Waals surface area (Å²) in [5.41, 5.74) is -0.852. The summed E-state index contributed by atoms with van der Waals surface area (Å²) in [6.07, 6.45) is 1.73. The highest BCUT2D eigenvalue weighted by atomic mass is 79.9. The first-order valence-corrected chi connectivity index (χ1v) is 9.50. The minimum atomic E-state index is -0.852. The Kier molecular flexibility index (Phi) is 6.81. The molecule has 2 aromatic rings. The first-order chi connectivity index (χ1) is 12.6. The van der Waals surface area contributed by atoms with Crippen LogP contribution < -0.4 is 10.1 Å². The van der Waals surface area contributed by atoms with Crippen LogP contribution in [0.2, 0.25) is 0 Å². The van der Waals surface area contributed by atoms with E-state index in [2.05, 4.69) is 26.2 Å². The molecule has 1 N–H and O–H groups in total. The Balaban J connectivity index is 2.06. The van der Waals surface area contributed by atoms with E-state index in [1.807, 2.05) is 38.1 Å². The number of ether oxygens (including phenoxy) is 2. The van der Waals surface area contributed by atoms with Gasteiger partial charge in [0.25, 0.3) is 0 Å². The third-order valence-corrected chi connectivity index (χ3v) is 4.76. The van der Waals surface area contributed by atoms with Gasteiger partial charge in [-0.15, -0.1) is 0 Å². The lowest BCUT2D eigenvalue weighted by atomic mass is 9.92. The molecule has 27 heavy (non-hydrogen) atoms. The molecule has 7 heteroatoms. The van der Waals surface area contributed by atoms with Crippen molar-refractivity contribution in [2.75, 3.05) is 13.7 Å². The Bertz CT molecular complexity index is 836. The Morgan fingerprint density at radius 2 is 1.93 bits per heavy atom. The Labute approximate surface area is 167 Å². The lowest BCUT2D eigenvalue weighted by molar-refractivity contribution is -0.148. The maximum absolute atomic E-state index is 12.7. The van der Waals surface area contributed by atoms with Gasteiger partial charge in [0.1, 0.15) is 12.6 Å². The number of aromatic nitrogens is 1. The fourth-order valence-electron chi connectivity index (χ4n) is 2.45. The third kappa shape index (κ3) is 5.42. The van der Waals surface area contributed by atoms with E-state index >= 15 is 0 Å². The number of esters is 1. The van der Waals surface area contributed by atoms with E-state index in [9.17, 15) is 9.59 Å². The van der Waals surface area contributed by atoms with Gasteiger partial charge >= 0.3 is 5.97 Å². The lowest BCUT2D eigenvalue weighted by Crippen LogP contribution is -2.51. The molecule has 0 aliphatic carbocycles. The molecule has 1 heterocycles. The van der Waals surface area contributed by atoms with Crippen molar-refractivity contribution in [3.63, 3.8) is 0 Å². The summed E-state index contributed by atoms with van der Waals surface area (Å²) >= 11 is 3.45. The minimum absolute atomic E-state index is 0.0845. The fourth-order valence-corrected chi connectivity index (χ4v) is 2.83. The zero-order chi connectivity index (χ0) is 20.2. The first-order valence-electron chi connectivity index (χ1n) is 8.71. The molecular weight excluding hydrogens is 412 g/mol. The molecule has 1 unspecified atom stereocenters. The molecule has 0 saturated carbocycles. The quantitative estimate of drug-likeness (QED) is 0.669. The highest BCUT2D eigenvalue weighted by Crippen LogP contribution is 2.24. The van der Waals surface area contributed by atoms with Gasteiger partial charge in [0.2, 0.25) is 11.8 Å². The van der Waals surface area contributed by atoms with Crippen molar-refractivity contribution in [2.24, 2.45) is 11.3 Å². The number of carbonyl (C=O) groups excluding carboxylic acids is 2. The molecule has 1 aromatic heterocycles. The van der Waals surface area contributed by atoms with Crippen LogP contribution in [-0.2, 0) is 14.3 Å². The molecule has 0 fully saturated rings. The Morgan fingerprint density at radius 3 is 2.56 bits per heavy atom. The average Bonchev–Trinajstić information content (AvgIpc) is 2.62. The molecule has 0 spiro atoms. The van der Waals surface area contributed by atoms with E-state index in [-0.39, 0.29) is 18.4 Å². The predicted octanol–water partition coefficient (Wildman–Crippen LogP) is 3.72. The first kappa shape index (κ1) is 21.2. The summed E-state index contributed by atoms with van der Waals surface area (Å²) in [6, 6.07) is 7.03. The molecule has 6 nitrogen and oxygen atoms in total. The zero-order valence-corrected chi connectivity index (χ0v) is 17.8. The van der Waals surface area contributed by atoms with Crippen LogP contribution in [0.4, 0.5) is 0 Å². The van der Waals surface area contributed by atoms with Crippen LogP contribution in [0.15, 0.2) is 34.9 Å². The maximum Gasteiger partial charge on any atom is 0.328 e. The molecule has 0 aliphatic rings. The van der Waals surface area contributed by atoms with Crippen molar-refractivity contribution in [3.8, 4) is 5.88 Å². The van der Waals surface area contributed by atoms with Crippen molar-refractivity contribution >= 4 is 38.6 Å². The van der Waals surface area contributed by atoms with Crippen LogP contribution in [0, 0.1) is 11.3 Å². The molecular formula is C20H25BrN2O4. The van der Waals surface area contributed by atoms with E-state index in [0.29, 0.717) is 5.88 Å². The van der Waals surface area contributed by atoms with Gasteiger partial charge in [-0.05, 0) is 37.3 Å². The molecule has 1 amide bonds. The second-order valence-electron chi connectivity index (χ2n) is 7.40. The monoisotopic (exact) mass is 436 g/mol. The van der Waals surface area contributed by atoms with E-state index in [1.165, 1.54) is 7.11 Å². The van der Waals surface area contributed by atoms with Gasteiger partial charge in [0.15, 0.2) is 0 Å². The van der Waals surface area contributed by atoms with Gasteiger partial charge in [-0.2, -0.15) is 0 Å². The summed E-state index contributed by atoms with van der Waals surface area (Å²) in [4.78, 5) is 28.8. The number of pyridine rings is 1. The van der Waals surface area contributed by atoms with Crippen LogP contribution in [0.25, 0.3) is 10.8 Å². The van der Waals surface area contributed by atoms with E-state index in [0.717, 1.165) is 15.2 Å². The number of fused-ring (bicyclic) bond motifs is 1. The minimum Gasteiger partial charge on any atom is -0.477 e. The summed E-state index contributed by atoms with van der Waals surface area (Å²) in [7, 11) is 1.31. The third-order valence-electron chi connectivity index (χ3n) is 4.26. The van der Waals surface area contributed by atoms with Crippen molar-refractivity contribution < 1.29 is 19.1 Å². The number of benzene rings is 1. The van der Waals surface area contributed by atoms with Crippen molar-refractivity contribution in [1.29, 1.82) is 0 Å². The number of rotatable bonds is 7. The van der Waals surface area contributed by atoms with Crippen LogP contribution in [0.3, 0.4) is 0 Å². The lowest BCUT2D eigenvalue weighted by Gasteiger charge is -2.27. The summed E-state index contributed by atoms with van der Waals surface area (Å²) < 4.78 is 11.5. The predicted molar refractivity (Wildman–Crippen MR) is 108 cm³/mol. The van der Waals surface area contributed by atoms with Crippen molar-refractivity contribution in [1.82, 2.24) is 10.3 Å². The largest absolute Gasteiger partial charge is 0.477 e. The van der Waals surface area contributed by atoms with Gasteiger partial charge in [-0.1, -0.05) is 35.8 Å². The smallest absolute Gasteiger partial charge is 0.328 e. The number of halogens is 1. The summed E-state index contributed by atoms with van der Waals surface area (Å²) in [6.45, 7) is 7.34. The SMILES string of the molecule is COC(=O)C(NC(=O)C(C)(C)COc1cc2cc(Br)ccc2cn1)C(C)C. The number of hydrogen-bond acceptors (Lipinski definition) is 5. The molecule has 146 valence electrons. The highest BCUT2D eigenvalue weighted by Gasteiger charge is 2.34. The highest BCUT2D eigenvalue weighted by molar-refractivity contribution is 9.10. The number of hydrogen-bond donors (Lipinski definition) is 1. The van der Waals surface area contributed by atoms with Gasteiger partial charge in [-0.25, -0.2) is 9.78 Å². The molecule has 0 bridgehead atoms. The van der Waals surface area contributed by atoms with Gasteiger partial charge in [0.05, 0.1) is 12.5 Å². The normalized spacial score (nSPS) is 12.7. The van der Waals surface area contributed by atoms with Gasteiger partial charge < -0.3 is 14.8 Å². The van der Waals surface area contributed by atoms with Crippen molar-refractivity contribution in [3.05, 3.63) is 34.9 Å². The average molecular weight is 437 g/mol. The Hall–Kier alpha value is -2.15. The molecule has 0 radical (unpaired) electrons. The molecule has 0 aliphatic heterocycles. The number of nitrogens with zero attached hydrogens (tertiary/aromatic N) is 1. The van der Waals surface area contributed by atoms with Crippen LogP contribution in [0.1, 0.15) is 27.7 Å². The zero-order valence-electron chi connectivity index (χ0n) is 16.2. The topological polar surface area (TPSA) is 77.5 Å². The maximum atomic E-state index is 12.7. The van der Waals surface area contributed by atoms with Gasteiger partial charge in [-0.3, -0.25) is 4.79 Å². The molecule has 1 aromatic carbocycles. The van der Waals surface area contributed by atoms with E-state index in [4.69, 9.17) is 9.47 Å². The molecule has 2 rings (SSSR count). The van der Waals surface area contributed by atoms with E-state index < -0.39 is 17.4 Å².